The van der Waals surface area contributed by atoms with Crippen LogP contribution in [0.25, 0.3) is 11.3 Å². The van der Waals surface area contributed by atoms with Crippen LogP contribution in [0.15, 0.2) is 66.7 Å². The van der Waals surface area contributed by atoms with Crippen LogP contribution in [-0.4, -0.2) is 23.3 Å². The van der Waals surface area contributed by atoms with Crippen molar-refractivity contribution in [2.45, 2.75) is 20.3 Å². The molecular weight excluding hydrogens is 350 g/mol. The molecule has 1 heterocycles. The fourth-order valence-electron chi connectivity index (χ4n) is 2.88. The predicted octanol–water partition coefficient (Wildman–Crippen LogP) is 4.45. The van der Waals surface area contributed by atoms with Crippen molar-refractivity contribution in [1.82, 2.24) is 10.3 Å². The normalized spacial score (nSPS) is 10.4. The number of aromatic nitrogens is 1. The van der Waals surface area contributed by atoms with E-state index < -0.39 is 0 Å². The number of benzene rings is 2. The van der Waals surface area contributed by atoms with E-state index in [0.717, 1.165) is 17.7 Å². The third kappa shape index (κ3) is 4.43. The second-order valence-electron chi connectivity index (χ2n) is 6.45. The first-order valence-corrected chi connectivity index (χ1v) is 9.31. The molecule has 142 valence electrons. The van der Waals surface area contributed by atoms with E-state index in [2.05, 4.69) is 15.6 Å². The van der Waals surface area contributed by atoms with Gasteiger partial charge < -0.3 is 10.6 Å². The molecule has 0 bridgehead atoms. The Morgan fingerprint density at radius 2 is 1.57 bits per heavy atom. The molecule has 3 rings (SSSR count). The van der Waals surface area contributed by atoms with E-state index in [1.54, 1.807) is 37.3 Å². The number of nitrogens with zero attached hydrogens (tertiary/aromatic N) is 1. The molecule has 5 nitrogen and oxygen atoms in total. The molecule has 3 aromatic rings. The lowest BCUT2D eigenvalue weighted by molar-refractivity contribution is 0.0954. The lowest BCUT2D eigenvalue weighted by atomic mass is 10.1. The molecule has 0 saturated carbocycles. The van der Waals surface area contributed by atoms with Gasteiger partial charge in [0.15, 0.2) is 0 Å². The Morgan fingerprint density at radius 3 is 2.29 bits per heavy atom. The Balaban J connectivity index is 1.81. The largest absolute Gasteiger partial charge is 0.352 e. The highest BCUT2D eigenvalue weighted by Gasteiger charge is 2.16. The lowest BCUT2D eigenvalue weighted by Gasteiger charge is -2.12. The van der Waals surface area contributed by atoms with Gasteiger partial charge in [0.2, 0.25) is 0 Å². The summed E-state index contributed by atoms with van der Waals surface area (Å²) in [6.07, 6.45) is 0.846. The van der Waals surface area contributed by atoms with Crippen LogP contribution in [0.5, 0.6) is 0 Å². The highest BCUT2D eigenvalue weighted by molar-refractivity contribution is 6.09. The van der Waals surface area contributed by atoms with Crippen LogP contribution in [0.4, 0.5) is 5.69 Å². The number of hydrogen-bond acceptors (Lipinski definition) is 3. The van der Waals surface area contributed by atoms with Gasteiger partial charge in [0.1, 0.15) is 0 Å². The minimum atomic E-state index is -0.291. The number of hydrogen-bond donors (Lipinski definition) is 2. The fourth-order valence-corrected chi connectivity index (χ4v) is 2.88. The molecule has 2 N–H and O–H groups in total. The Hall–Kier alpha value is -3.47. The molecule has 0 aliphatic carbocycles. The summed E-state index contributed by atoms with van der Waals surface area (Å²) in [5, 5.41) is 5.68. The van der Waals surface area contributed by atoms with Crippen molar-refractivity contribution in [3.05, 3.63) is 83.6 Å². The molecule has 2 aromatic carbocycles. The molecule has 1 aromatic heterocycles. The van der Waals surface area contributed by atoms with E-state index in [0.29, 0.717) is 29.1 Å². The van der Waals surface area contributed by atoms with Gasteiger partial charge in [0.05, 0.1) is 28.2 Å². The molecule has 5 heteroatoms. The molecule has 0 atom stereocenters. The quantitative estimate of drug-likeness (QED) is 0.671. The zero-order valence-corrected chi connectivity index (χ0v) is 16.0. The van der Waals surface area contributed by atoms with Crippen LogP contribution in [0.2, 0.25) is 0 Å². The average molecular weight is 373 g/mol. The van der Waals surface area contributed by atoms with Crippen molar-refractivity contribution >= 4 is 17.5 Å². The number of anilines is 1. The van der Waals surface area contributed by atoms with Crippen molar-refractivity contribution in [3.63, 3.8) is 0 Å². The SMILES string of the molecule is CCCNC(=O)c1ccccc1NC(=O)c1ccc(-c2ccccc2)nc1C. The van der Waals surface area contributed by atoms with Crippen molar-refractivity contribution in [3.8, 4) is 11.3 Å². The molecule has 28 heavy (non-hydrogen) atoms. The van der Waals surface area contributed by atoms with E-state index in [-0.39, 0.29) is 11.8 Å². The van der Waals surface area contributed by atoms with Crippen LogP contribution in [0.3, 0.4) is 0 Å². The van der Waals surface area contributed by atoms with Crippen LogP contribution in [0, 0.1) is 6.92 Å². The summed E-state index contributed by atoms with van der Waals surface area (Å²) in [4.78, 5) is 29.7. The number of nitrogens with one attached hydrogen (secondary N) is 2. The van der Waals surface area contributed by atoms with Gasteiger partial charge in [-0.15, -0.1) is 0 Å². The standard InChI is InChI=1S/C23H23N3O2/c1-3-15-24-22(27)19-11-7-8-12-21(19)26-23(28)18-13-14-20(25-16(18)2)17-9-5-4-6-10-17/h4-14H,3,15H2,1-2H3,(H,24,27)(H,26,28). The van der Waals surface area contributed by atoms with E-state index in [9.17, 15) is 9.59 Å². The molecule has 0 saturated heterocycles. The van der Waals surface area contributed by atoms with Gasteiger partial charge in [-0.3, -0.25) is 14.6 Å². The second kappa shape index (κ2) is 8.95. The topological polar surface area (TPSA) is 71.1 Å². The van der Waals surface area contributed by atoms with Crippen molar-refractivity contribution in [1.29, 1.82) is 0 Å². The lowest BCUT2D eigenvalue weighted by Crippen LogP contribution is -2.26. The maximum atomic E-state index is 12.8. The average Bonchev–Trinajstić information content (AvgIpc) is 2.72. The first-order valence-electron chi connectivity index (χ1n) is 9.31. The monoisotopic (exact) mass is 373 g/mol. The molecule has 2 amide bonds. The summed E-state index contributed by atoms with van der Waals surface area (Å²) in [6.45, 7) is 4.38. The summed E-state index contributed by atoms with van der Waals surface area (Å²) >= 11 is 0. The third-order valence-corrected chi connectivity index (χ3v) is 4.36. The van der Waals surface area contributed by atoms with E-state index >= 15 is 0 Å². The van der Waals surface area contributed by atoms with Crippen molar-refractivity contribution in [2.75, 3.05) is 11.9 Å². The molecular formula is C23H23N3O2. The number of carbonyl (C=O) groups is 2. The van der Waals surface area contributed by atoms with E-state index in [4.69, 9.17) is 0 Å². The van der Waals surface area contributed by atoms with Crippen molar-refractivity contribution < 1.29 is 9.59 Å². The maximum absolute atomic E-state index is 12.8. The van der Waals surface area contributed by atoms with Gasteiger partial charge in [-0.1, -0.05) is 49.4 Å². The zero-order chi connectivity index (χ0) is 19.9. The van der Waals surface area contributed by atoms with Gasteiger partial charge in [-0.05, 0) is 37.6 Å². The Morgan fingerprint density at radius 1 is 0.857 bits per heavy atom. The summed E-state index contributed by atoms with van der Waals surface area (Å²) in [5.41, 5.74) is 3.84. The maximum Gasteiger partial charge on any atom is 0.257 e. The summed E-state index contributed by atoms with van der Waals surface area (Å²) in [5.74, 6) is -0.493. The van der Waals surface area contributed by atoms with E-state index in [1.807, 2.05) is 43.3 Å². The smallest absolute Gasteiger partial charge is 0.257 e. The van der Waals surface area contributed by atoms with Gasteiger partial charge in [-0.25, -0.2) is 0 Å². The number of para-hydroxylation sites is 1. The number of carbonyl (C=O) groups excluding carboxylic acids is 2. The molecule has 0 spiro atoms. The van der Waals surface area contributed by atoms with Crippen LogP contribution < -0.4 is 10.6 Å². The zero-order valence-electron chi connectivity index (χ0n) is 16.0. The Bertz CT molecular complexity index is 984. The van der Waals surface area contributed by atoms with Crippen molar-refractivity contribution in [2.24, 2.45) is 0 Å². The van der Waals surface area contributed by atoms with Gasteiger partial charge in [-0.2, -0.15) is 0 Å². The van der Waals surface area contributed by atoms with Crippen LogP contribution in [-0.2, 0) is 0 Å². The van der Waals surface area contributed by atoms with Crippen LogP contribution >= 0.6 is 0 Å². The van der Waals surface area contributed by atoms with Gasteiger partial charge in [0.25, 0.3) is 11.8 Å². The minimum Gasteiger partial charge on any atom is -0.352 e. The van der Waals surface area contributed by atoms with E-state index in [1.165, 1.54) is 0 Å². The second-order valence-corrected chi connectivity index (χ2v) is 6.45. The fraction of sp³-hybridized carbons (Fsp3) is 0.174. The number of pyridine rings is 1. The van der Waals surface area contributed by atoms with Crippen LogP contribution in [0.1, 0.15) is 39.8 Å². The van der Waals surface area contributed by atoms with Gasteiger partial charge >= 0.3 is 0 Å². The van der Waals surface area contributed by atoms with Gasteiger partial charge in [0, 0.05) is 12.1 Å². The summed E-state index contributed by atoms with van der Waals surface area (Å²) in [7, 11) is 0. The Labute approximate surface area is 164 Å². The third-order valence-electron chi connectivity index (χ3n) is 4.36. The molecule has 0 aliphatic heterocycles. The Kier molecular flexibility index (Phi) is 6.17. The summed E-state index contributed by atoms with van der Waals surface area (Å²) < 4.78 is 0. The first-order chi connectivity index (χ1) is 13.6. The first kappa shape index (κ1) is 19.3. The molecule has 0 aliphatic rings. The highest BCUT2D eigenvalue weighted by Crippen LogP contribution is 2.21. The highest BCUT2D eigenvalue weighted by atomic mass is 16.2. The minimum absolute atomic E-state index is 0.202. The molecule has 0 radical (unpaired) electrons. The number of rotatable bonds is 6. The summed E-state index contributed by atoms with van der Waals surface area (Å²) in [6, 6.07) is 20.4. The number of aryl methyl sites for hydroxylation is 1. The number of amides is 2. The molecule has 0 unspecified atom stereocenters. The predicted molar refractivity (Wildman–Crippen MR) is 111 cm³/mol. The molecule has 0 fully saturated rings.